The third-order valence-corrected chi connectivity index (χ3v) is 22.6. The molecule has 10 heterocycles. The van der Waals surface area contributed by atoms with Gasteiger partial charge in [0.2, 0.25) is 0 Å². The zero-order chi connectivity index (χ0) is 58.2. The van der Waals surface area contributed by atoms with Crippen LogP contribution in [0.2, 0.25) is 51.4 Å². The summed E-state index contributed by atoms with van der Waals surface area (Å²) in [6.07, 6.45) is 24.0. The van der Waals surface area contributed by atoms with E-state index < -0.39 is 16.1 Å². The number of H-pyrrole nitrogens is 2. The Hall–Kier alpha value is -6.13. The molecule has 2 saturated heterocycles. The van der Waals surface area contributed by atoms with Crippen molar-refractivity contribution in [1.82, 2.24) is 64.4 Å². The number of piperidine rings is 1. The maximum Gasteiger partial charge on any atom is 0.165 e. The van der Waals surface area contributed by atoms with Crippen molar-refractivity contribution < 1.29 is 9.47 Å². The number of anilines is 2. The summed E-state index contributed by atoms with van der Waals surface area (Å²) in [5.41, 5.74) is 23.5. The summed E-state index contributed by atoms with van der Waals surface area (Å²) < 4.78 is 17.0. The smallest absolute Gasteiger partial charge is 0.165 e. The fraction of sp³-hybridized carbons (Fsp3) is 0.569. The average molecular weight is 1170 g/mol. The number of hydrogen-bond acceptors (Lipinski definition) is 13. The Bertz CT molecular complexity index is 3570. The van der Waals surface area contributed by atoms with E-state index in [-0.39, 0.29) is 0 Å². The SMILES string of the molecule is Cc1nc(-c2ccc(-c3cnn4c(N(COCC[Si](C)(C)C)COCC[Si](C)(C)C)c(C5CC5)c(C5CC6CC[C@@H](C6)C5)nc34)cn2)[nH]c1C.Cc1nc(-c2ccc(-c3cnn4c(N)c(C5CC5)c(C5CC6CC[C@H](C5)N6)nc34)cn2)[nH]c1C. The Labute approximate surface area is 497 Å². The molecule has 5 N–H and O–H groups in total. The van der Waals surface area contributed by atoms with Gasteiger partial charge in [-0.25, -0.2) is 19.9 Å². The van der Waals surface area contributed by atoms with Crippen LogP contribution in [-0.2, 0) is 9.47 Å². The van der Waals surface area contributed by atoms with Crippen LogP contribution in [0.3, 0.4) is 0 Å². The molecule has 19 heteroatoms. The normalized spacial score (nSPS) is 22.3. The molecule has 2 aliphatic heterocycles. The van der Waals surface area contributed by atoms with Gasteiger partial charge >= 0.3 is 0 Å². The van der Waals surface area contributed by atoms with E-state index in [4.69, 9.17) is 35.3 Å². The topological polar surface area (TPSA) is 203 Å². The fourth-order valence-corrected chi connectivity index (χ4v) is 15.5. The van der Waals surface area contributed by atoms with Gasteiger partial charge in [-0.1, -0.05) is 64.3 Å². The van der Waals surface area contributed by atoms with Crippen molar-refractivity contribution in [2.24, 2.45) is 11.8 Å². The zero-order valence-electron chi connectivity index (χ0n) is 51.5. The molecule has 4 bridgehead atoms. The number of hydrogen-bond donors (Lipinski definition) is 4. The maximum atomic E-state index is 6.78. The summed E-state index contributed by atoms with van der Waals surface area (Å²) in [6.45, 7) is 25.1. The van der Waals surface area contributed by atoms with Crippen molar-refractivity contribution in [3.63, 3.8) is 0 Å². The van der Waals surface area contributed by atoms with Crippen molar-refractivity contribution >= 4 is 39.1 Å². The highest BCUT2D eigenvalue weighted by atomic mass is 28.3. The largest absolute Gasteiger partial charge is 0.383 e. The van der Waals surface area contributed by atoms with Crippen LogP contribution in [0.1, 0.15) is 152 Å². The lowest BCUT2D eigenvalue weighted by Crippen LogP contribution is -2.37. The molecule has 6 fully saturated rings. The Balaban J connectivity index is 0.000000168. The van der Waals surface area contributed by atoms with E-state index in [0.29, 0.717) is 49.2 Å². The Morgan fingerprint density at radius 1 is 0.548 bits per heavy atom. The predicted molar refractivity (Wildman–Crippen MR) is 340 cm³/mol. The van der Waals surface area contributed by atoms with Crippen molar-refractivity contribution in [2.75, 3.05) is 37.3 Å². The van der Waals surface area contributed by atoms with Gasteiger partial charge in [0.1, 0.15) is 36.5 Å². The standard InChI is InChI=1S/C39H59N7O2Si2.C26H30N8/c1-26-27(2)43-37(42-26)34-14-13-31(22-40-34)33-23-41-46-38(33)44-36(32-20-28-9-10-29(19-28)21-32)35(30-11-12-30)39(46)45(24-47-15-17-49(3,4)5)25-48-16-18-50(6,7)8;1-13-14(2)31-25(30-13)21-8-5-16(11-28-21)20-12-29-34-24(27)22(15-3-4-15)23(33-26(20)34)17-9-18-6-7-19(10-17)32-18/h13-14,22-23,28-30,32H,9-12,15-21,24-25H2,1-8H3,(H,42,43);5,8,11-12,15,17-19,32H,3-4,6-7,9-10,27H2,1-2H3,(H,30,31)/t28-,29?,32?;17?,18-,19?/m01/s1. The summed E-state index contributed by atoms with van der Waals surface area (Å²) in [5, 5.41) is 13.5. The number of pyridine rings is 2. The number of fused-ring (bicyclic) bond motifs is 6. The van der Waals surface area contributed by atoms with E-state index in [9.17, 15) is 0 Å². The Morgan fingerprint density at radius 3 is 1.49 bits per heavy atom. The average Bonchev–Trinajstić information content (AvgIpc) is 1.93. The van der Waals surface area contributed by atoms with Crippen LogP contribution in [0.25, 0.3) is 56.6 Å². The lowest BCUT2D eigenvalue weighted by molar-refractivity contribution is 0.0940. The van der Waals surface area contributed by atoms with Crippen LogP contribution >= 0.6 is 0 Å². The quantitative estimate of drug-likeness (QED) is 0.0339. The number of imidazole rings is 2. The van der Waals surface area contributed by atoms with Crippen molar-refractivity contribution in [3.05, 3.63) is 94.3 Å². The highest BCUT2D eigenvalue weighted by molar-refractivity contribution is 6.76. The van der Waals surface area contributed by atoms with Gasteiger partial charge in [0.05, 0.1) is 35.2 Å². The van der Waals surface area contributed by atoms with E-state index in [0.717, 1.165) is 141 Å². The van der Waals surface area contributed by atoms with Gasteiger partial charge in [-0.3, -0.25) is 9.97 Å². The highest BCUT2D eigenvalue weighted by Crippen LogP contribution is 2.54. The molecule has 0 aromatic carbocycles. The number of nitrogen functional groups attached to an aromatic ring is 1. The van der Waals surface area contributed by atoms with E-state index >= 15 is 0 Å². The third-order valence-electron chi connectivity index (χ3n) is 19.2. The number of rotatable bonds is 19. The molecule has 444 valence electrons. The summed E-state index contributed by atoms with van der Waals surface area (Å²) in [7, 11) is -2.47. The lowest BCUT2D eigenvalue weighted by Gasteiger charge is -2.33. The number of aromatic nitrogens is 12. The molecule has 4 aliphatic carbocycles. The first-order valence-electron chi connectivity index (χ1n) is 31.6. The Kier molecular flexibility index (Phi) is 15.6. The summed E-state index contributed by atoms with van der Waals surface area (Å²) in [4.78, 5) is 38.8. The molecule has 4 unspecified atom stereocenters. The van der Waals surface area contributed by atoms with Crippen LogP contribution in [0, 0.1) is 39.5 Å². The van der Waals surface area contributed by atoms with E-state index in [2.05, 4.69) is 102 Å². The second-order valence-corrected chi connectivity index (χ2v) is 39.6. The zero-order valence-corrected chi connectivity index (χ0v) is 53.5. The van der Waals surface area contributed by atoms with Crippen LogP contribution in [0.4, 0.5) is 11.6 Å². The molecule has 17 nitrogen and oxygen atoms in total. The molecular formula is C65H89N15O2Si2. The highest BCUT2D eigenvalue weighted by Gasteiger charge is 2.42. The molecular weight excluding hydrogens is 1080 g/mol. The number of ether oxygens (including phenoxy) is 2. The molecule has 0 amide bonds. The Morgan fingerprint density at radius 2 is 1.02 bits per heavy atom. The molecule has 6 atom stereocenters. The molecule has 8 aromatic rings. The fourth-order valence-electron chi connectivity index (χ4n) is 13.9. The van der Waals surface area contributed by atoms with Crippen molar-refractivity contribution in [2.45, 2.75) is 198 Å². The molecule has 0 spiro atoms. The first kappa shape index (κ1) is 57.0. The molecule has 4 saturated carbocycles. The minimum absolute atomic E-state index is 0.468. The minimum Gasteiger partial charge on any atom is -0.383 e. The number of nitrogens with zero attached hydrogens (tertiary/aromatic N) is 11. The van der Waals surface area contributed by atoms with E-state index in [1.165, 1.54) is 93.1 Å². The van der Waals surface area contributed by atoms with E-state index in [1.807, 2.05) is 63.1 Å². The molecule has 84 heavy (non-hydrogen) atoms. The van der Waals surface area contributed by atoms with Crippen molar-refractivity contribution in [1.29, 1.82) is 0 Å². The van der Waals surface area contributed by atoms with Gasteiger partial charge in [-0.05, 0) is 146 Å². The van der Waals surface area contributed by atoms with Gasteiger partial charge in [0, 0.05) is 110 Å². The maximum absolute atomic E-state index is 6.78. The van der Waals surface area contributed by atoms with Gasteiger partial charge in [-0.2, -0.15) is 19.2 Å². The van der Waals surface area contributed by atoms with Crippen LogP contribution in [-0.4, -0.2) is 114 Å². The molecule has 0 radical (unpaired) electrons. The number of aromatic amines is 2. The van der Waals surface area contributed by atoms with Gasteiger partial charge < -0.3 is 35.4 Å². The molecule has 8 aromatic heterocycles. The summed E-state index contributed by atoms with van der Waals surface area (Å²) >= 11 is 0. The van der Waals surface area contributed by atoms with Gasteiger partial charge in [-0.15, -0.1) is 0 Å². The summed E-state index contributed by atoms with van der Waals surface area (Å²) in [6, 6.07) is 11.8. The third kappa shape index (κ3) is 12.1. The monoisotopic (exact) mass is 1170 g/mol. The van der Waals surface area contributed by atoms with Crippen LogP contribution < -0.4 is 16.0 Å². The number of nitrogens with one attached hydrogen (secondary N) is 3. The lowest BCUT2D eigenvalue weighted by atomic mass is 9.78. The first-order valence-corrected chi connectivity index (χ1v) is 39.0. The van der Waals surface area contributed by atoms with E-state index in [1.54, 1.807) is 0 Å². The van der Waals surface area contributed by atoms with Crippen LogP contribution in [0.5, 0.6) is 0 Å². The number of nitrogens with two attached hydrogens (primary N) is 1. The van der Waals surface area contributed by atoms with Crippen molar-refractivity contribution in [3.8, 4) is 45.3 Å². The van der Waals surface area contributed by atoms with Gasteiger partial charge in [0.15, 0.2) is 22.9 Å². The van der Waals surface area contributed by atoms with Crippen LogP contribution in [0.15, 0.2) is 49.1 Å². The minimum atomic E-state index is -1.23. The first-order chi connectivity index (χ1) is 40.4. The summed E-state index contributed by atoms with van der Waals surface area (Å²) in [5.74, 6) is 7.14. The molecule has 6 aliphatic rings. The second kappa shape index (κ2) is 22.9. The predicted octanol–water partition coefficient (Wildman–Crippen LogP) is 13.7. The molecule has 14 rings (SSSR count). The second-order valence-electron chi connectivity index (χ2n) is 28.4. The van der Waals surface area contributed by atoms with Gasteiger partial charge in [0.25, 0.3) is 0 Å². The number of aryl methyl sites for hydroxylation is 4.